The van der Waals surface area contributed by atoms with Gasteiger partial charge in [0.2, 0.25) is 11.8 Å². The number of carbonyl (C=O) groups excluding carboxylic acids is 2. The number of aromatic amines is 1. The number of amides is 2. The first-order valence-electron chi connectivity index (χ1n) is 7.37. The molecule has 1 fully saturated rings. The van der Waals surface area contributed by atoms with Gasteiger partial charge >= 0.3 is 0 Å². The van der Waals surface area contributed by atoms with Crippen molar-refractivity contribution in [3.63, 3.8) is 0 Å². The molecule has 116 valence electrons. The maximum absolute atomic E-state index is 12.1. The molecular formula is C16H19N3O3. The molecule has 2 atom stereocenters. The van der Waals surface area contributed by atoms with Gasteiger partial charge in [-0.2, -0.15) is 0 Å². The van der Waals surface area contributed by atoms with Crippen molar-refractivity contribution in [3.8, 4) is 0 Å². The van der Waals surface area contributed by atoms with Crippen molar-refractivity contribution in [2.75, 3.05) is 13.2 Å². The first-order valence-corrected chi connectivity index (χ1v) is 7.37. The number of ether oxygens (including phenoxy) is 1. The molecule has 4 N–H and O–H groups in total. The monoisotopic (exact) mass is 301 g/mol. The zero-order valence-corrected chi connectivity index (χ0v) is 12.2. The second-order valence-corrected chi connectivity index (χ2v) is 5.59. The van der Waals surface area contributed by atoms with Crippen LogP contribution in [0.15, 0.2) is 30.5 Å². The van der Waals surface area contributed by atoms with Crippen LogP contribution in [0.4, 0.5) is 0 Å². The van der Waals surface area contributed by atoms with E-state index in [1.807, 2.05) is 30.5 Å². The van der Waals surface area contributed by atoms with Gasteiger partial charge in [-0.25, -0.2) is 0 Å². The van der Waals surface area contributed by atoms with Crippen LogP contribution in [0.5, 0.6) is 0 Å². The lowest BCUT2D eigenvalue weighted by Crippen LogP contribution is -2.48. The summed E-state index contributed by atoms with van der Waals surface area (Å²) in [7, 11) is 0. The molecule has 0 radical (unpaired) electrons. The Morgan fingerprint density at radius 3 is 2.95 bits per heavy atom. The number of H-pyrrole nitrogens is 1. The van der Waals surface area contributed by atoms with E-state index in [1.165, 1.54) is 0 Å². The summed E-state index contributed by atoms with van der Waals surface area (Å²) in [5, 5.41) is 3.79. The van der Waals surface area contributed by atoms with E-state index in [2.05, 4.69) is 10.3 Å². The van der Waals surface area contributed by atoms with Gasteiger partial charge in [-0.3, -0.25) is 9.59 Å². The summed E-state index contributed by atoms with van der Waals surface area (Å²) in [6.07, 6.45) is 2.91. The SMILES string of the molecule is NC(=O)[C@@H](Cc1c[nH]c2ccccc12)NC(=O)[C@@H]1CCOC1. The molecular weight excluding hydrogens is 282 g/mol. The number of nitrogens with one attached hydrogen (secondary N) is 2. The number of hydrogen-bond acceptors (Lipinski definition) is 3. The van der Waals surface area contributed by atoms with Gasteiger partial charge in [-0.15, -0.1) is 0 Å². The topological polar surface area (TPSA) is 97.2 Å². The highest BCUT2D eigenvalue weighted by Crippen LogP contribution is 2.19. The molecule has 1 aromatic heterocycles. The summed E-state index contributed by atoms with van der Waals surface area (Å²) in [6, 6.07) is 7.11. The fourth-order valence-electron chi connectivity index (χ4n) is 2.77. The van der Waals surface area contributed by atoms with E-state index in [-0.39, 0.29) is 11.8 Å². The van der Waals surface area contributed by atoms with Gasteiger partial charge in [0.25, 0.3) is 0 Å². The number of para-hydroxylation sites is 1. The third-order valence-corrected chi connectivity index (χ3v) is 4.06. The number of fused-ring (bicyclic) bond motifs is 1. The normalized spacial score (nSPS) is 19.2. The number of rotatable bonds is 5. The predicted octanol–water partition coefficient (Wildman–Crippen LogP) is 0.717. The highest BCUT2D eigenvalue weighted by molar-refractivity contribution is 5.89. The van der Waals surface area contributed by atoms with Crippen LogP contribution >= 0.6 is 0 Å². The maximum Gasteiger partial charge on any atom is 0.240 e. The van der Waals surface area contributed by atoms with E-state index < -0.39 is 11.9 Å². The summed E-state index contributed by atoms with van der Waals surface area (Å²) in [5.41, 5.74) is 7.41. The molecule has 3 rings (SSSR count). The predicted molar refractivity (Wildman–Crippen MR) is 82.1 cm³/mol. The summed E-state index contributed by atoms with van der Waals surface area (Å²) in [4.78, 5) is 27.0. The Hall–Kier alpha value is -2.34. The highest BCUT2D eigenvalue weighted by atomic mass is 16.5. The number of aromatic nitrogens is 1. The molecule has 0 unspecified atom stereocenters. The second-order valence-electron chi connectivity index (χ2n) is 5.59. The lowest BCUT2D eigenvalue weighted by molar-refractivity contribution is -0.129. The second kappa shape index (κ2) is 6.19. The lowest BCUT2D eigenvalue weighted by Gasteiger charge is -2.17. The molecule has 1 aliphatic rings. The maximum atomic E-state index is 12.1. The van der Waals surface area contributed by atoms with E-state index in [0.717, 1.165) is 16.5 Å². The molecule has 0 spiro atoms. The smallest absolute Gasteiger partial charge is 0.240 e. The minimum absolute atomic E-state index is 0.166. The van der Waals surface area contributed by atoms with Crippen LogP contribution < -0.4 is 11.1 Å². The number of benzene rings is 1. The average molecular weight is 301 g/mol. The Kier molecular flexibility index (Phi) is 4.11. The van der Waals surface area contributed by atoms with Gasteiger partial charge in [0.1, 0.15) is 6.04 Å². The van der Waals surface area contributed by atoms with E-state index in [4.69, 9.17) is 10.5 Å². The van der Waals surface area contributed by atoms with Crippen molar-refractivity contribution in [2.45, 2.75) is 18.9 Å². The molecule has 0 aliphatic carbocycles. The van der Waals surface area contributed by atoms with Gasteiger partial charge < -0.3 is 20.8 Å². The summed E-state index contributed by atoms with van der Waals surface area (Å²) >= 11 is 0. The largest absolute Gasteiger partial charge is 0.381 e. The molecule has 0 bridgehead atoms. The zero-order chi connectivity index (χ0) is 15.5. The van der Waals surface area contributed by atoms with Gasteiger partial charge in [0.15, 0.2) is 0 Å². The van der Waals surface area contributed by atoms with Crippen molar-refractivity contribution < 1.29 is 14.3 Å². The molecule has 6 heteroatoms. The third-order valence-electron chi connectivity index (χ3n) is 4.06. The Morgan fingerprint density at radius 2 is 2.23 bits per heavy atom. The lowest BCUT2D eigenvalue weighted by atomic mass is 10.0. The van der Waals surface area contributed by atoms with Crippen molar-refractivity contribution in [1.82, 2.24) is 10.3 Å². The zero-order valence-electron chi connectivity index (χ0n) is 12.2. The molecule has 2 amide bonds. The van der Waals surface area contributed by atoms with E-state index >= 15 is 0 Å². The molecule has 6 nitrogen and oxygen atoms in total. The van der Waals surface area contributed by atoms with Gasteiger partial charge in [0.05, 0.1) is 12.5 Å². The van der Waals surface area contributed by atoms with Crippen LogP contribution in [0.25, 0.3) is 10.9 Å². The molecule has 1 aliphatic heterocycles. The molecule has 1 aromatic carbocycles. The number of nitrogens with two attached hydrogens (primary N) is 1. The van der Waals surface area contributed by atoms with Gasteiger partial charge in [-0.1, -0.05) is 18.2 Å². The minimum Gasteiger partial charge on any atom is -0.381 e. The molecule has 2 heterocycles. The third kappa shape index (κ3) is 2.96. The van der Waals surface area contributed by atoms with E-state index in [0.29, 0.717) is 26.1 Å². The first kappa shape index (κ1) is 14.6. The summed E-state index contributed by atoms with van der Waals surface area (Å²) in [6.45, 7) is 0.992. The quantitative estimate of drug-likeness (QED) is 0.759. The van der Waals surface area contributed by atoms with Gasteiger partial charge in [0, 0.05) is 30.1 Å². The number of primary amides is 1. The standard InChI is InChI=1S/C16H19N3O3/c17-15(20)14(19-16(21)10-5-6-22-9-10)7-11-8-18-13-4-2-1-3-12(11)13/h1-4,8,10,14,18H,5-7,9H2,(H2,17,20)(H,19,21)/t10-,14-/m1/s1. The van der Waals surface area contributed by atoms with Crippen molar-refractivity contribution >= 4 is 22.7 Å². The van der Waals surface area contributed by atoms with E-state index in [9.17, 15) is 9.59 Å². The van der Waals surface area contributed by atoms with Crippen molar-refractivity contribution in [2.24, 2.45) is 11.7 Å². The van der Waals surface area contributed by atoms with Crippen molar-refractivity contribution in [1.29, 1.82) is 0 Å². The highest BCUT2D eigenvalue weighted by Gasteiger charge is 2.27. The molecule has 22 heavy (non-hydrogen) atoms. The van der Waals surface area contributed by atoms with Crippen LogP contribution in [0.3, 0.4) is 0 Å². The Morgan fingerprint density at radius 1 is 1.41 bits per heavy atom. The Bertz CT molecular complexity index is 689. The Balaban J connectivity index is 1.74. The first-order chi connectivity index (χ1) is 10.6. The molecule has 2 aromatic rings. The average Bonchev–Trinajstić information content (AvgIpc) is 3.16. The van der Waals surface area contributed by atoms with Crippen LogP contribution in [0.1, 0.15) is 12.0 Å². The van der Waals surface area contributed by atoms with Crippen LogP contribution in [-0.4, -0.2) is 36.1 Å². The van der Waals surface area contributed by atoms with E-state index in [1.54, 1.807) is 0 Å². The summed E-state index contributed by atoms with van der Waals surface area (Å²) < 4.78 is 5.20. The summed E-state index contributed by atoms with van der Waals surface area (Å²) in [5.74, 6) is -0.886. The van der Waals surface area contributed by atoms with Crippen molar-refractivity contribution in [3.05, 3.63) is 36.0 Å². The molecule has 0 saturated carbocycles. The number of hydrogen-bond donors (Lipinski definition) is 3. The number of carbonyl (C=O) groups is 2. The van der Waals surface area contributed by atoms with Crippen LogP contribution in [-0.2, 0) is 20.7 Å². The fourth-order valence-corrected chi connectivity index (χ4v) is 2.77. The van der Waals surface area contributed by atoms with Gasteiger partial charge in [-0.05, 0) is 18.1 Å². The fraction of sp³-hybridized carbons (Fsp3) is 0.375. The molecule has 1 saturated heterocycles. The van der Waals surface area contributed by atoms with Crippen LogP contribution in [0.2, 0.25) is 0 Å². The van der Waals surface area contributed by atoms with Crippen LogP contribution in [0, 0.1) is 5.92 Å². The Labute approximate surface area is 128 Å². The minimum atomic E-state index is -0.715.